The molecule has 0 aromatic heterocycles. The molecule has 0 nitrogen and oxygen atoms in total. The van der Waals surface area contributed by atoms with Crippen LogP contribution in [0.5, 0.6) is 0 Å². The molecule has 0 bridgehead atoms. The van der Waals surface area contributed by atoms with Crippen LogP contribution in [0.15, 0.2) is 36.4 Å². The summed E-state index contributed by atoms with van der Waals surface area (Å²) >= 11 is 5.92. The molecule has 0 amide bonds. The fourth-order valence-electron chi connectivity index (χ4n) is 5.89. The van der Waals surface area contributed by atoms with Gasteiger partial charge in [0.05, 0.1) is 0 Å². The van der Waals surface area contributed by atoms with Gasteiger partial charge in [-0.3, -0.25) is 0 Å². The Labute approximate surface area is 197 Å². The van der Waals surface area contributed by atoms with Crippen molar-refractivity contribution in [1.82, 2.24) is 0 Å². The molecular formula is C29H37ClF2. The summed E-state index contributed by atoms with van der Waals surface area (Å²) in [4.78, 5) is 0. The molecule has 0 unspecified atom stereocenters. The summed E-state index contributed by atoms with van der Waals surface area (Å²) in [6.07, 6.45) is 13.9. The van der Waals surface area contributed by atoms with E-state index in [1.165, 1.54) is 51.4 Å². The zero-order chi connectivity index (χ0) is 22.5. The molecular weight excluding hydrogens is 422 g/mol. The van der Waals surface area contributed by atoms with Crippen LogP contribution in [0.1, 0.15) is 93.7 Å². The van der Waals surface area contributed by atoms with Crippen LogP contribution >= 0.6 is 11.6 Å². The average Bonchev–Trinajstić information content (AvgIpc) is 2.79. The van der Waals surface area contributed by atoms with Crippen molar-refractivity contribution in [2.75, 3.05) is 0 Å². The van der Waals surface area contributed by atoms with Gasteiger partial charge in [0.1, 0.15) is 11.6 Å². The number of hydrogen-bond donors (Lipinski definition) is 0. The second-order valence-corrected chi connectivity index (χ2v) is 10.9. The Morgan fingerprint density at radius 1 is 0.750 bits per heavy atom. The molecule has 2 aromatic carbocycles. The van der Waals surface area contributed by atoms with Gasteiger partial charge in [-0.05, 0) is 97.6 Å². The number of aryl methyl sites for hydroxylation is 1. The van der Waals surface area contributed by atoms with Crippen LogP contribution in [-0.4, -0.2) is 0 Å². The highest BCUT2D eigenvalue weighted by molar-refractivity contribution is 6.30. The minimum atomic E-state index is -0.386. The van der Waals surface area contributed by atoms with Crippen LogP contribution in [0.2, 0.25) is 5.02 Å². The number of rotatable bonds is 7. The molecule has 0 saturated heterocycles. The van der Waals surface area contributed by atoms with E-state index in [-0.39, 0.29) is 17.2 Å². The molecule has 2 aliphatic carbocycles. The predicted octanol–water partition coefficient (Wildman–Crippen LogP) is 9.28. The molecule has 4 rings (SSSR count). The lowest BCUT2D eigenvalue weighted by Gasteiger charge is -2.31. The van der Waals surface area contributed by atoms with Gasteiger partial charge >= 0.3 is 0 Å². The Hall–Kier alpha value is -1.41. The highest BCUT2D eigenvalue weighted by atomic mass is 35.5. The third-order valence-corrected chi connectivity index (χ3v) is 8.43. The lowest BCUT2D eigenvalue weighted by Crippen LogP contribution is -2.17. The first-order chi connectivity index (χ1) is 15.5. The summed E-state index contributed by atoms with van der Waals surface area (Å²) in [5, 5.41) is 0.675. The van der Waals surface area contributed by atoms with Gasteiger partial charge in [-0.25, -0.2) is 8.78 Å². The molecule has 2 fully saturated rings. The Morgan fingerprint density at radius 3 is 1.84 bits per heavy atom. The van der Waals surface area contributed by atoms with Crippen LogP contribution in [0.3, 0.4) is 0 Å². The summed E-state index contributed by atoms with van der Waals surface area (Å²) in [7, 11) is 0. The van der Waals surface area contributed by atoms with Gasteiger partial charge in [0.2, 0.25) is 0 Å². The maximum atomic E-state index is 14.8. The van der Waals surface area contributed by atoms with Crippen molar-refractivity contribution in [3.63, 3.8) is 0 Å². The van der Waals surface area contributed by atoms with E-state index in [4.69, 9.17) is 11.6 Å². The van der Waals surface area contributed by atoms with Crippen molar-refractivity contribution in [2.24, 2.45) is 17.8 Å². The van der Waals surface area contributed by atoms with Crippen LogP contribution in [0.25, 0.3) is 0 Å². The first-order valence-corrected chi connectivity index (χ1v) is 13.1. The third-order valence-electron chi connectivity index (χ3n) is 8.18. The van der Waals surface area contributed by atoms with E-state index < -0.39 is 0 Å². The zero-order valence-electron chi connectivity index (χ0n) is 19.4. The fraction of sp³-hybridized carbons (Fsp3) is 0.586. The lowest BCUT2D eigenvalue weighted by atomic mass is 9.74. The smallest absolute Gasteiger partial charge is 0.129 e. The molecule has 0 radical (unpaired) electrons. The van der Waals surface area contributed by atoms with Crippen molar-refractivity contribution in [3.8, 4) is 0 Å². The van der Waals surface area contributed by atoms with Crippen LogP contribution in [0, 0.1) is 29.4 Å². The first-order valence-electron chi connectivity index (χ1n) is 12.7. The minimum absolute atomic E-state index is 0.208. The number of hydrogen-bond acceptors (Lipinski definition) is 0. The summed E-state index contributed by atoms with van der Waals surface area (Å²) in [5.74, 6) is 2.19. The van der Waals surface area contributed by atoms with Gasteiger partial charge in [0.15, 0.2) is 0 Å². The van der Waals surface area contributed by atoms with Gasteiger partial charge < -0.3 is 0 Å². The molecule has 0 atom stereocenters. The third kappa shape index (κ3) is 6.34. The van der Waals surface area contributed by atoms with Gasteiger partial charge in [-0.2, -0.15) is 0 Å². The van der Waals surface area contributed by atoms with Crippen molar-refractivity contribution < 1.29 is 8.78 Å². The minimum Gasteiger partial charge on any atom is -0.207 e. The van der Waals surface area contributed by atoms with Crippen LogP contribution in [0.4, 0.5) is 8.78 Å². The Bertz CT molecular complexity index is 836. The molecule has 32 heavy (non-hydrogen) atoms. The summed E-state index contributed by atoms with van der Waals surface area (Å²) < 4.78 is 29.6. The van der Waals surface area contributed by atoms with E-state index in [2.05, 4.69) is 6.92 Å². The van der Waals surface area contributed by atoms with Crippen LogP contribution < -0.4 is 0 Å². The van der Waals surface area contributed by atoms with Gasteiger partial charge in [0, 0.05) is 10.6 Å². The topological polar surface area (TPSA) is 0 Å². The molecule has 0 aliphatic heterocycles. The molecule has 0 heterocycles. The molecule has 0 N–H and O–H groups in total. The SMILES string of the molecule is C[C@H]1CC[C@H](CCC2CCC(c3cc(F)c(CCc4ccc(Cl)cc4)c(F)c3)CC2)CC1. The Kier molecular flexibility index (Phi) is 8.27. The lowest BCUT2D eigenvalue weighted by molar-refractivity contribution is 0.237. The quantitative estimate of drug-likeness (QED) is 0.387. The first kappa shape index (κ1) is 23.7. The molecule has 3 heteroatoms. The van der Waals surface area contributed by atoms with Crippen molar-refractivity contribution in [2.45, 2.75) is 89.9 Å². The summed E-state index contributed by atoms with van der Waals surface area (Å²) in [5.41, 5.74) is 2.10. The summed E-state index contributed by atoms with van der Waals surface area (Å²) in [6.45, 7) is 2.38. The van der Waals surface area contributed by atoms with Crippen LogP contribution in [-0.2, 0) is 12.8 Å². The van der Waals surface area contributed by atoms with E-state index in [0.717, 1.165) is 41.7 Å². The predicted molar refractivity (Wildman–Crippen MR) is 130 cm³/mol. The van der Waals surface area contributed by atoms with Gasteiger partial charge in [-0.1, -0.05) is 69.2 Å². The Balaban J connectivity index is 1.27. The summed E-state index contributed by atoms with van der Waals surface area (Å²) in [6, 6.07) is 10.7. The van der Waals surface area contributed by atoms with Gasteiger partial charge in [0.25, 0.3) is 0 Å². The molecule has 2 aliphatic rings. The van der Waals surface area contributed by atoms with Crippen molar-refractivity contribution in [1.29, 1.82) is 0 Å². The van der Waals surface area contributed by atoms with Crippen molar-refractivity contribution >= 4 is 11.6 Å². The Morgan fingerprint density at radius 2 is 1.28 bits per heavy atom. The maximum absolute atomic E-state index is 14.8. The highest BCUT2D eigenvalue weighted by Gasteiger charge is 2.26. The molecule has 0 spiro atoms. The monoisotopic (exact) mass is 458 g/mol. The fourth-order valence-corrected chi connectivity index (χ4v) is 6.02. The normalized spacial score (nSPS) is 26.2. The second-order valence-electron chi connectivity index (χ2n) is 10.5. The largest absolute Gasteiger partial charge is 0.207 e. The van der Waals surface area contributed by atoms with E-state index in [1.54, 1.807) is 12.1 Å². The zero-order valence-corrected chi connectivity index (χ0v) is 20.1. The highest BCUT2D eigenvalue weighted by Crippen LogP contribution is 2.40. The molecule has 2 saturated carbocycles. The maximum Gasteiger partial charge on any atom is 0.129 e. The second kappa shape index (κ2) is 11.1. The van der Waals surface area contributed by atoms with E-state index in [0.29, 0.717) is 23.8 Å². The molecule has 2 aromatic rings. The number of benzene rings is 2. The van der Waals surface area contributed by atoms with E-state index in [1.807, 2.05) is 24.3 Å². The van der Waals surface area contributed by atoms with E-state index in [9.17, 15) is 8.78 Å². The molecule has 174 valence electrons. The number of halogens is 3. The van der Waals surface area contributed by atoms with Crippen molar-refractivity contribution in [3.05, 3.63) is 69.7 Å². The van der Waals surface area contributed by atoms with Gasteiger partial charge in [-0.15, -0.1) is 0 Å². The standard InChI is InChI=1S/C29H37ClF2/c1-20-2-4-21(5-3-20)6-7-22-8-13-24(14-9-22)25-18-28(31)27(29(32)19-25)17-12-23-10-15-26(30)16-11-23/h10-11,15-16,18-22,24H,2-9,12-14,17H2,1H3/t20-,21-,22?,24?. The van der Waals surface area contributed by atoms with E-state index >= 15 is 0 Å². The average molecular weight is 459 g/mol.